The summed E-state index contributed by atoms with van der Waals surface area (Å²) in [5.41, 5.74) is 3.50. The van der Waals surface area contributed by atoms with Gasteiger partial charge in [0.15, 0.2) is 5.76 Å². The molecule has 0 bridgehead atoms. The Bertz CT molecular complexity index is 843. The average molecular weight is 298 g/mol. The van der Waals surface area contributed by atoms with E-state index in [1.54, 1.807) is 6.20 Å². The minimum absolute atomic E-state index is 0.602. The largest absolute Gasteiger partial charge is 0.435 e. The maximum absolute atomic E-state index is 6.09. The van der Waals surface area contributed by atoms with Crippen molar-refractivity contribution in [2.75, 3.05) is 0 Å². The molecule has 3 heteroatoms. The van der Waals surface area contributed by atoms with Gasteiger partial charge in [-0.1, -0.05) is 54.6 Å². The Morgan fingerprint density at radius 1 is 0.652 bits per heavy atom. The molecule has 0 unspecified atom stereocenters. The number of aromatic nitrogens is 2. The fraction of sp³-hybridized carbons (Fsp3) is 0. The van der Waals surface area contributed by atoms with Crippen LogP contribution in [0.1, 0.15) is 0 Å². The van der Waals surface area contributed by atoms with E-state index < -0.39 is 0 Å². The third-order valence-corrected chi connectivity index (χ3v) is 3.59. The lowest BCUT2D eigenvalue weighted by atomic mass is 10.1. The molecule has 0 spiro atoms. The van der Waals surface area contributed by atoms with Crippen LogP contribution in [0.3, 0.4) is 0 Å². The molecular formula is C20H14N2O. The molecule has 0 saturated heterocycles. The van der Waals surface area contributed by atoms with Crippen molar-refractivity contribution in [3.8, 4) is 34.2 Å². The number of rotatable bonds is 3. The predicted molar refractivity (Wildman–Crippen MR) is 90.6 cm³/mol. The summed E-state index contributed by atoms with van der Waals surface area (Å²) in [4.78, 5) is 9.12. The Hall–Kier alpha value is -3.20. The van der Waals surface area contributed by atoms with Crippen molar-refractivity contribution in [1.82, 2.24) is 9.97 Å². The Morgan fingerprint density at radius 2 is 1.30 bits per heavy atom. The summed E-state index contributed by atoms with van der Waals surface area (Å²) < 4.78 is 6.09. The molecular weight excluding hydrogens is 284 g/mol. The van der Waals surface area contributed by atoms with E-state index in [0.29, 0.717) is 5.89 Å². The predicted octanol–water partition coefficient (Wildman–Crippen LogP) is 5.07. The maximum atomic E-state index is 6.09. The summed E-state index contributed by atoms with van der Waals surface area (Å²) in [6, 6.07) is 25.7. The molecule has 2 heterocycles. The van der Waals surface area contributed by atoms with E-state index in [1.165, 1.54) is 0 Å². The summed E-state index contributed by atoms with van der Waals surface area (Å²) in [5.74, 6) is 1.34. The highest BCUT2D eigenvalue weighted by Gasteiger charge is 2.18. The van der Waals surface area contributed by atoms with Crippen LogP contribution in [0.5, 0.6) is 0 Å². The molecule has 0 aliphatic rings. The number of oxazole rings is 1. The lowest BCUT2D eigenvalue weighted by molar-refractivity contribution is 0.589. The minimum Gasteiger partial charge on any atom is -0.435 e. The van der Waals surface area contributed by atoms with Crippen LogP contribution >= 0.6 is 0 Å². The number of nitrogens with zero attached hydrogens (tertiary/aromatic N) is 2. The van der Waals surface area contributed by atoms with Crippen LogP contribution < -0.4 is 0 Å². The van der Waals surface area contributed by atoms with Gasteiger partial charge in [-0.25, -0.2) is 4.98 Å². The average Bonchev–Trinajstić information content (AvgIpc) is 3.09. The molecule has 4 rings (SSSR count). The summed E-state index contributed by atoms with van der Waals surface area (Å²) in [6.07, 6.45) is 1.76. The van der Waals surface area contributed by atoms with Crippen molar-refractivity contribution >= 4 is 0 Å². The van der Waals surface area contributed by atoms with Crippen LogP contribution in [0.2, 0.25) is 0 Å². The minimum atomic E-state index is 0.602. The number of hydrogen-bond donors (Lipinski definition) is 0. The smallest absolute Gasteiger partial charge is 0.227 e. The fourth-order valence-electron chi connectivity index (χ4n) is 2.49. The van der Waals surface area contributed by atoms with Gasteiger partial charge in [0.1, 0.15) is 5.69 Å². The Morgan fingerprint density at radius 3 is 1.96 bits per heavy atom. The second-order valence-corrected chi connectivity index (χ2v) is 5.14. The van der Waals surface area contributed by atoms with E-state index >= 15 is 0 Å². The van der Waals surface area contributed by atoms with Crippen molar-refractivity contribution in [1.29, 1.82) is 0 Å². The molecule has 0 atom stereocenters. The van der Waals surface area contributed by atoms with Gasteiger partial charge in [-0.15, -0.1) is 0 Å². The molecule has 4 aromatic rings. The summed E-state index contributed by atoms with van der Waals surface area (Å²) >= 11 is 0. The van der Waals surface area contributed by atoms with Gasteiger partial charge in [0.2, 0.25) is 5.89 Å². The standard InChI is InChI=1S/C20H14N2O/c1-3-9-15(10-4-1)19-18(17-13-7-8-14-21-17)22-20(23-19)16-11-5-2-6-12-16/h1-14H. The summed E-state index contributed by atoms with van der Waals surface area (Å²) in [6.45, 7) is 0. The van der Waals surface area contributed by atoms with Crippen molar-refractivity contribution in [2.24, 2.45) is 0 Å². The zero-order valence-electron chi connectivity index (χ0n) is 12.4. The van der Waals surface area contributed by atoms with Crippen molar-refractivity contribution in [3.05, 3.63) is 85.1 Å². The molecule has 0 radical (unpaired) electrons. The fourth-order valence-corrected chi connectivity index (χ4v) is 2.49. The van der Waals surface area contributed by atoms with Crippen LogP contribution in [0.15, 0.2) is 89.5 Å². The van der Waals surface area contributed by atoms with Crippen molar-refractivity contribution < 1.29 is 4.42 Å². The van der Waals surface area contributed by atoms with Crippen LogP contribution in [0.25, 0.3) is 34.2 Å². The molecule has 2 aromatic carbocycles. The van der Waals surface area contributed by atoms with Crippen molar-refractivity contribution in [2.45, 2.75) is 0 Å². The lowest BCUT2D eigenvalue weighted by Crippen LogP contribution is -1.85. The van der Waals surface area contributed by atoms with E-state index in [9.17, 15) is 0 Å². The molecule has 0 N–H and O–H groups in total. The second kappa shape index (κ2) is 5.89. The van der Waals surface area contributed by atoms with Crippen LogP contribution in [0.4, 0.5) is 0 Å². The summed E-state index contributed by atoms with van der Waals surface area (Å²) in [7, 11) is 0. The second-order valence-electron chi connectivity index (χ2n) is 5.14. The quantitative estimate of drug-likeness (QED) is 0.530. The Balaban J connectivity index is 1.91. The van der Waals surface area contributed by atoms with Crippen LogP contribution in [-0.2, 0) is 0 Å². The van der Waals surface area contributed by atoms with Gasteiger partial charge in [0.25, 0.3) is 0 Å². The van der Waals surface area contributed by atoms with Crippen molar-refractivity contribution in [3.63, 3.8) is 0 Å². The SMILES string of the molecule is c1ccc(-c2nc(-c3ccccn3)c(-c3ccccc3)o2)cc1. The highest BCUT2D eigenvalue weighted by molar-refractivity contribution is 5.77. The topological polar surface area (TPSA) is 38.9 Å². The van der Waals surface area contributed by atoms with Crippen LogP contribution in [0, 0.1) is 0 Å². The molecule has 110 valence electrons. The first-order valence-electron chi connectivity index (χ1n) is 7.45. The zero-order valence-corrected chi connectivity index (χ0v) is 12.4. The van der Waals surface area contributed by atoms with Gasteiger partial charge in [-0.2, -0.15) is 0 Å². The third kappa shape index (κ3) is 2.64. The zero-order chi connectivity index (χ0) is 15.5. The first-order chi connectivity index (χ1) is 11.4. The molecule has 2 aromatic heterocycles. The van der Waals surface area contributed by atoms with Crippen LogP contribution in [-0.4, -0.2) is 9.97 Å². The number of benzene rings is 2. The molecule has 23 heavy (non-hydrogen) atoms. The maximum Gasteiger partial charge on any atom is 0.227 e. The van der Waals surface area contributed by atoms with Gasteiger partial charge in [0, 0.05) is 17.3 Å². The molecule has 0 amide bonds. The van der Waals surface area contributed by atoms with E-state index in [0.717, 1.165) is 28.3 Å². The number of hydrogen-bond acceptors (Lipinski definition) is 3. The van der Waals surface area contributed by atoms with Gasteiger partial charge in [0.05, 0.1) is 5.69 Å². The van der Waals surface area contributed by atoms with E-state index in [1.807, 2.05) is 78.9 Å². The third-order valence-electron chi connectivity index (χ3n) is 3.59. The van der Waals surface area contributed by atoms with E-state index in [2.05, 4.69) is 4.98 Å². The lowest BCUT2D eigenvalue weighted by Gasteiger charge is -2.00. The summed E-state index contributed by atoms with van der Waals surface area (Å²) in [5, 5.41) is 0. The van der Waals surface area contributed by atoms with Gasteiger partial charge in [-0.3, -0.25) is 4.98 Å². The first kappa shape index (κ1) is 13.5. The molecule has 0 aliphatic carbocycles. The first-order valence-corrected chi connectivity index (χ1v) is 7.45. The Labute approximate surface area is 134 Å². The van der Waals surface area contributed by atoms with Gasteiger partial charge in [-0.05, 0) is 24.3 Å². The molecule has 0 fully saturated rings. The monoisotopic (exact) mass is 298 g/mol. The van der Waals surface area contributed by atoms with E-state index in [-0.39, 0.29) is 0 Å². The highest BCUT2D eigenvalue weighted by Crippen LogP contribution is 2.34. The number of pyridine rings is 1. The van der Waals surface area contributed by atoms with Gasteiger partial charge < -0.3 is 4.42 Å². The molecule has 0 aliphatic heterocycles. The normalized spacial score (nSPS) is 10.6. The Kier molecular flexibility index (Phi) is 3.45. The van der Waals surface area contributed by atoms with Gasteiger partial charge >= 0.3 is 0 Å². The molecule has 3 nitrogen and oxygen atoms in total. The molecule has 0 saturated carbocycles. The highest BCUT2D eigenvalue weighted by atomic mass is 16.4. The van der Waals surface area contributed by atoms with E-state index in [4.69, 9.17) is 9.40 Å².